The van der Waals surface area contributed by atoms with Gasteiger partial charge in [-0.1, -0.05) is 11.2 Å². The van der Waals surface area contributed by atoms with E-state index >= 15 is 0 Å². The number of carbonyl (C=O) groups excluding carboxylic acids is 2. The van der Waals surface area contributed by atoms with E-state index in [0.29, 0.717) is 34.8 Å². The quantitative estimate of drug-likeness (QED) is 0.654. The summed E-state index contributed by atoms with van der Waals surface area (Å²) in [6.45, 7) is 3.72. The number of thiophene rings is 1. The summed E-state index contributed by atoms with van der Waals surface area (Å²) in [7, 11) is 0. The molecule has 7 nitrogen and oxygen atoms in total. The van der Waals surface area contributed by atoms with Crippen LogP contribution in [0.25, 0.3) is 11.1 Å². The molecule has 0 spiro atoms. The van der Waals surface area contributed by atoms with Crippen molar-refractivity contribution in [3.05, 3.63) is 45.4 Å². The van der Waals surface area contributed by atoms with Crippen LogP contribution in [0.4, 0.5) is 0 Å². The topological polar surface area (TPSA) is 94.3 Å². The normalized spacial score (nSPS) is 14.9. The predicted molar refractivity (Wildman–Crippen MR) is 99.6 cm³/mol. The molecule has 0 saturated heterocycles. The van der Waals surface area contributed by atoms with Gasteiger partial charge in [0.2, 0.25) is 0 Å². The number of amides is 1. The third kappa shape index (κ3) is 3.71. The average Bonchev–Trinajstić information content (AvgIpc) is 3.26. The van der Waals surface area contributed by atoms with Gasteiger partial charge in [-0.3, -0.25) is 4.79 Å². The monoisotopic (exact) mass is 385 g/mol. The van der Waals surface area contributed by atoms with E-state index in [1.807, 2.05) is 17.5 Å². The number of nitrogens with one attached hydrogen (secondary N) is 1. The number of pyridine rings is 1. The highest BCUT2D eigenvalue weighted by Crippen LogP contribution is 2.40. The van der Waals surface area contributed by atoms with Gasteiger partial charge >= 0.3 is 5.97 Å². The number of ether oxygens (including phenoxy) is 1. The molecule has 3 heterocycles. The van der Waals surface area contributed by atoms with Gasteiger partial charge < -0.3 is 14.6 Å². The molecule has 1 atom stereocenters. The SMILES string of the molecule is Cc1noc2nc(C3CC3)cc(C(=O)O[C@H](C)C(=O)NCc3cccs3)c12. The molecule has 0 bridgehead atoms. The summed E-state index contributed by atoms with van der Waals surface area (Å²) in [5.41, 5.74) is 2.05. The summed E-state index contributed by atoms with van der Waals surface area (Å²) < 4.78 is 10.7. The first-order chi connectivity index (χ1) is 13.0. The van der Waals surface area contributed by atoms with Gasteiger partial charge in [0.05, 0.1) is 23.2 Å². The summed E-state index contributed by atoms with van der Waals surface area (Å²) in [5, 5.41) is 9.16. The standard InChI is InChI=1S/C19H19N3O4S/c1-10-16-14(8-15(12-5-6-12)21-18(16)26-22-10)19(24)25-11(2)17(23)20-9-13-4-3-7-27-13/h3-4,7-8,11-12H,5-6,9H2,1-2H3,(H,20,23)/t11-/m1/s1. The highest BCUT2D eigenvalue weighted by Gasteiger charge is 2.30. The van der Waals surface area contributed by atoms with Crippen molar-refractivity contribution < 1.29 is 18.8 Å². The van der Waals surface area contributed by atoms with Gasteiger partial charge in [-0.05, 0) is 44.2 Å². The van der Waals surface area contributed by atoms with Crippen LogP contribution in [0.3, 0.4) is 0 Å². The van der Waals surface area contributed by atoms with Crippen molar-refractivity contribution in [2.24, 2.45) is 0 Å². The molecule has 3 aromatic heterocycles. The van der Waals surface area contributed by atoms with Gasteiger partial charge in [0, 0.05) is 16.5 Å². The van der Waals surface area contributed by atoms with Crippen LogP contribution < -0.4 is 5.32 Å². The molecule has 0 unspecified atom stereocenters. The smallest absolute Gasteiger partial charge is 0.339 e. The van der Waals surface area contributed by atoms with E-state index in [9.17, 15) is 9.59 Å². The number of fused-ring (bicyclic) bond motifs is 1. The molecule has 8 heteroatoms. The van der Waals surface area contributed by atoms with E-state index in [0.717, 1.165) is 23.4 Å². The number of nitrogens with zero attached hydrogens (tertiary/aromatic N) is 2. The maximum Gasteiger partial charge on any atom is 0.339 e. The molecule has 140 valence electrons. The molecule has 1 N–H and O–H groups in total. The number of carbonyl (C=O) groups is 2. The lowest BCUT2D eigenvalue weighted by molar-refractivity contribution is -0.129. The Morgan fingerprint density at radius 1 is 1.44 bits per heavy atom. The van der Waals surface area contributed by atoms with Crippen molar-refractivity contribution >= 4 is 34.3 Å². The van der Waals surface area contributed by atoms with Crippen LogP contribution in [0.1, 0.15) is 52.3 Å². The largest absolute Gasteiger partial charge is 0.449 e. The van der Waals surface area contributed by atoms with Crippen LogP contribution in [0, 0.1) is 6.92 Å². The highest BCUT2D eigenvalue weighted by atomic mass is 32.1. The van der Waals surface area contributed by atoms with Crippen LogP contribution in [0.2, 0.25) is 0 Å². The van der Waals surface area contributed by atoms with Crippen molar-refractivity contribution in [1.29, 1.82) is 0 Å². The highest BCUT2D eigenvalue weighted by molar-refractivity contribution is 7.09. The summed E-state index contributed by atoms with van der Waals surface area (Å²) in [6.07, 6.45) is 1.17. The first-order valence-electron chi connectivity index (χ1n) is 8.81. The minimum atomic E-state index is -0.912. The molecule has 1 fully saturated rings. The van der Waals surface area contributed by atoms with Gasteiger partial charge in [0.1, 0.15) is 0 Å². The predicted octanol–water partition coefficient (Wildman–Crippen LogP) is 3.33. The van der Waals surface area contributed by atoms with E-state index in [1.165, 1.54) is 0 Å². The van der Waals surface area contributed by atoms with Crippen molar-refractivity contribution in [1.82, 2.24) is 15.5 Å². The van der Waals surface area contributed by atoms with Gasteiger partial charge in [-0.2, -0.15) is 0 Å². The summed E-state index contributed by atoms with van der Waals surface area (Å²) in [4.78, 5) is 30.5. The van der Waals surface area contributed by atoms with E-state index in [4.69, 9.17) is 9.26 Å². The Kier molecular flexibility index (Phi) is 4.65. The lowest BCUT2D eigenvalue weighted by Gasteiger charge is -2.14. The van der Waals surface area contributed by atoms with Gasteiger partial charge in [0.25, 0.3) is 11.6 Å². The molecule has 4 rings (SSSR count). The molecule has 0 radical (unpaired) electrons. The fraction of sp³-hybridized carbons (Fsp3) is 0.368. The van der Waals surface area contributed by atoms with Crippen LogP contribution in [-0.4, -0.2) is 28.1 Å². The zero-order valence-electron chi connectivity index (χ0n) is 15.0. The van der Waals surface area contributed by atoms with Gasteiger partial charge in [0.15, 0.2) is 6.10 Å². The van der Waals surface area contributed by atoms with Crippen molar-refractivity contribution in [2.45, 2.75) is 45.3 Å². The number of aryl methyl sites for hydroxylation is 1. The number of hydrogen-bond donors (Lipinski definition) is 1. The zero-order chi connectivity index (χ0) is 19.0. The first-order valence-corrected chi connectivity index (χ1v) is 9.69. The van der Waals surface area contributed by atoms with E-state index < -0.39 is 12.1 Å². The summed E-state index contributed by atoms with van der Waals surface area (Å²) in [5.74, 6) is -0.571. The Bertz CT molecular complexity index is 992. The molecule has 1 aliphatic rings. The third-order valence-corrected chi connectivity index (χ3v) is 5.40. The lowest BCUT2D eigenvalue weighted by Crippen LogP contribution is -2.35. The molecule has 1 amide bonds. The summed E-state index contributed by atoms with van der Waals surface area (Å²) in [6, 6.07) is 5.59. The zero-order valence-corrected chi connectivity index (χ0v) is 15.8. The third-order valence-electron chi connectivity index (χ3n) is 4.52. The van der Waals surface area contributed by atoms with Crippen LogP contribution in [-0.2, 0) is 16.1 Å². The van der Waals surface area contributed by atoms with Crippen LogP contribution in [0.15, 0.2) is 28.1 Å². The minimum Gasteiger partial charge on any atom is -0.449 e. The van der Waals surface area contributed by atoms with E-state index in [1.54, 1.807) is 31.3 Å². The van der Waals surface area contributed by atoms with Gasteiger partial charge in [-0.15, -0.1) is 11.3 Å². The number of esters is 1. The molecule has 1 aliphatic carbocycles. The Balaban J connectivity index is 1.50. The molecule has 1 saturated carbocycles. The Morgan fingerprint density at radius 3 is 2.96 bits per heavy atom. The number of hydrogen-bond acceptors (Lipinski definition) is 7. The summed E-state index contributed by atoms with van der Waals surface area (Å²) >= 11 is 1.55. The molecule has 0 aliphatic heterocycles. The maximum absolute atomic E-state index is 12.8. The minimum absolute atomic E-state index is 0.332. The Labute approximate surface area is 159 Å². The van der Waals surface area contributed by atoms with Crippen molar-refractivity contribution in [2.75, 3.05) is 0 Å². The molecular weight excluding hydrogens is 366 g/mol. The number of rotatable bonds is 6. The second kappa shape index (κ2) is 7.11. The number of aromatic nitrogens is 2. The fourth-order valence-electron chi connectivity index (χ4n) is 2.87. The van der Waals surface area contributed by atoms with Crippen molar-refractivity contribution in [3.8, 4) is 0 Å². The molecule has 0 aromatic carbocycles. The van der Waals surface area contributed by atoms with Crippen LogP contribution in [0.5, 0.6) is 0 Å². The molecule has 3 aromatic rings. The fourth-order valence-corrected chi connectivity index (χ4v) is 3.52. The first kappa shape index (κ1) is 17.7. The Morgan fingerprint density at radius 2 is 2.26 bits per heavy atom. The second-order valence-electron chi connectivity index (χ2n) is 6.66. The van der Waals surface area contributed by atoms with E-state index in [2.05, 4.69) is 15.5 Å². The van der Waals surface area contributed by atoms with Crippen LogP contribution >= 0.6 is 11.3 Å². The van der Waals surface area contributed by atoms with Gasteiger partial charge in [-0.25, -0.2) is 9.78 Å². The second-order valence-corrected chi connectivity index (χ2v) is 7.69. The van der Waals surface area contributed by atoms with Crippen molar-refractivity contribution in [3.63, 3.8) is 0 Å². The van der Waals surface area contributed by atoms with E-state index in [-0.39, 0.29) is 5.91 Å². The molecular formula is C19H19N3O4S. The lowest BCUT2D eigenvalue weighted by atomic mass is 10.1. The maximum atomic E-state index is 12.8. The average molecular weight is 385 g/mol. The Hall–Kier alpha value is -2.74. The molecule has 27 heavy (non-hydrogen) atoms.